The Morgan fingerprint density at radius 2 is 1.94 bits per heavy atom. The largest absolute Gasteiger partial charge is 0.497 e. The highest BCUT2D eigenvalue weighted by Crippen LogP contribution is 2.32. The third-order valence-electron chi connectivity index (χ3n) is 4.86. The number of rotatable bonds is 6. The lowest BCUT2D eigenvalue weighted by Gasteiger charge is -2.11. The van der Waals surface area contributed by atoms with Crippen molar-refractivity contribution in [2.24, 2.45) is 0 Å². The molecule has 1 N–H and O–H groups in total. The molecule has 0 saturated heterocycles. The summed E-state index contributed by atoms with van der Waals surface area (Å²) in [6, 6.07) is 10.3. The summed E-state index contributed by atoms with van der Waals surface area (Å²) >= 11 is 6.99. The van der Waals surface area contributed by atoms with E-state index < -0.39 is 23.3 Å². The Morgan fingerprint density at radius 1 is 1.21 bits per heavy atom. The Kier molecular flexibility index (Phi) is 6.62. The first-order valence-electron chi connectivity index (χ1n) is 9.97. The van der Waals surface area contributed by atoms with Crippen molar-refractivity contribution in [2.75, 3.05) is 19.0 Å². The van der Waals surface area contributed by atoms with Crippen molar-refractivity contribution in [1.29, 1.82) is 0 Å². The summed E-state index contributed by atoms with van der Waals surface area (Å²) in [6.07, 6.45) is 0. The maximum absolute atomic E-state index is 14.2. The van der Waals surface area contributed by atoms with E-state index in [1.165, 1.54) is 24.6 Å². The highest BCUT2D eigenvalue weighted by atomic mass is 35.5. The summed E-state index contributed by atoms with van der Waals surface area (Å²) in [5.41, 5.74) is -0.697. The molecule has 2 aromatic heterocycles. The van der Waals surface area contributed by atoms with E-state index in [2.05, 4.69) is 10.4 Å². The Balaban J connectivity index is 1.89. The van der Waals surface area contributed by atoms with Gasteiger partial charge in [-0.1, -0.05) is 17.7 Å². The molecule has 2 aromatic carbocycles. The number of carbonyl (C=O) groups excluding carboxylic acids is 2. The van der Waals surface area contributed by atoms with Crippen LogP contribution in [-0.2, 0) is 4.74 Å². The molecule has 0 saturated carbocycles. The van der Waals surface area contributed by atoms with E-state index in [9.17, 15) is 18.8 Å². The highest BCUT2D eigenvalue weighted by molar-refractivity contribution is 7.16. The van der Waals surface area contributed by atoms with Gasteiger partial charge < -0.3 is 14.8 Å². The molecule has 0 unspecified atom stereocenters. The van der Waals surface area contributed by atoms with Gasteiger partial charge in [-0.2, -0.15) is 9.78 Å². The third-order valence-corrected chi connectivity index (χ3v) is 6.07. The van der Waals surface area contributed by atoms with Gasteiger partial charge in [0.15, 0.2) is 5.69 Å². The van der Waals surface area contributed by atoms with Crippen LogP contribution in [-0.4, -0.2) is 35.4 Å². The first-order valence-corrected chi connectivity index (χ1v) is 11.2. The fourth-order valence-corrected chi connectivity index (χ4v) is 4.45. The smallest absolute Gasteiger partial charge is 0.359 e. The van der Waals surface area contributed by atoms with Crippen molar-refractivity contribution in [2.45, 2.75) is 6.92 Å². The van der Waals surface area contributed by atoms with Crippen LogP contribution in [0.15, 0.2) is 52.6 Å². The lowest BCUT2D eigenvalue weighted by molar-refractivity contribution is 0.0520. The molecular formula is C23H17ClFN3O5S. The summed E-state index contributed by atoms with van der Waals surface area (Å²) in [4.78, 5) is 38.8. The Hall–Kier alpha value is -3.76. The SMILES string of the molecule is CCOC(=O)c1nn(-c2ccc(OC)cc2)c(=O)c2c(NC(=O)c3c(F)cccc3Cl)scc12. The van der Waals surface area contributed by atoms with E-state index in [0.717, 1.165) is 22.1 Å². The molecular weight excluding hydrogens is 485 g/mol. The second kappa shape index (κ2) is 9.62. The number of carbonyl (C=O) groups is 2. The van der Waals surface area contributed by atoms with Crippen LogP contribution in [0.4, 0.5) is 9.39 Å². The second-order valence-electron chi connectivity index (χ2n) is 6.89. The molecule has 8 nitrogen and oxygen atoms in total. The average molecular weight is 502 g/mol. The molecule has 0 atom stereocenters. The van der Waals surface area contributed by atoms with Gasteiger partial charge in [-0.05, 0) is 43.3 Å². The lowest BCUT2D eigenvalue weighted by Crippen LogP contribution is -2.25. The second-order valence-corrected chi connectivity index (χ2v) is 8.18. The van der Waals surface area contributed by atoms with Gasteiger partial charge in [-0.25, -0.2) is 9.18 Å². The van der Waals surface area contributed by atoms with Crippen LogP contribution in [0, 0.1) is 5.82 Å². The van der Waals surface area contributed by atoms with E-state index in [4.69, 9.17) is 21.1 Å². The zero-order valence-electron chi connectivity index (χ0n) is 17.9. The predicted octanol–water partition coefficient (Wildman–Crippen LogP) is 4.68. The molecule has 0 bridgehead atoms. The normalized spacial score (nSPS) is 10.8. The van der Waals surface area contributed by atoms with Crippen LogP contribution < -0.4 is 15.6 Å². The number of fused-ring (bicyclic) bond motifs is 1. The van der Waals surface area contributed by atoms with Gasteiger partial charge in [-0.15, -0.1) is 11.3 Å². The van der Waals surface area contributed by atoms with Crippen molar-refractivity contribution in [1.82, 2.24) is 9.78 Å². The summed E-state index contributed by atoms with van der Waals surface area (Å²) in [7, 11) is 1.51. The molecule has 2 heterocycles. The number of nitrogens with zero attached hydrogens (tertiary/aromatic N) is 2. The van der Waals surface area contributed by atoms with Gasteiger partial charge in [0.05, 0.1) is 35.4 Å². The van der Waals surface area contributed by atoms with E-state index in [1.54, 1.807) is 31.2 Å². The predicted molar refractivity (Wildman–Crippen MR) is 127 cm³/mol. The number of thiophene rings is 1. The molecule has 0 radical (unpaired) electrons. The van der Waals surface area contributed by atoms with Crippen LogP contribution in [0.5, 0.6) is 5.75 Å². The minimum Gasteiger partial charge on any atom is -0.497 e. The molecule has 34 heavy (non-hydrogen) atoms. The molecule has 0 aliphatic heterocycles. The van der Waals surface area contributed by atoms with E-state index >= 15 is 0 Å². The summed E-state index contributed by atoms with van der Waals surface area (Å²) < 4.78 is 25.5. The van der Waals surface area contributed by atoms with Crippen molar-refractivity contribution in [3.05, 3.63) is 80.3 Å². The van der Waals surface area contributed by atoms with Crippen LogP contribution in [0.25, 0.3) is 16.5 Å². The molecule has 1 amide bonds. The molecule has 0 aliphatic rings. The number of amides is 1. The maximum Gasteiger partial charge on any atom is 0.359 e. The highest BCUT2D eigenvalue weighted by Gasteiger charge is 2.24. The molecule has 11 heteroatoms. The van der Waals surface area contributed by atoms with E-state index in [0.29, 0.717) is 11.4 Å². The van der Waals surface area contributed by atoms with Gasteiger partial charge in [0, 0.05) is 10.8 Å². The van der Waals surface area contributed by atoms with Gasteiger partial charge in [0.25, 0.3) is 11.5 Å². The average Bonchev–Trinajstić information content (AvgIpc) is 3.23. The monoisotopic (exact) mass is 501 g/mol. The van der Waals surface area contributed by atoms with Crippen LogP contribution in [0.1, 0.15) is 27.8 Å². The van der Waals surface area contributed by atoms with Gasteiger partial charge in [0.2, 0.25) is 0 Å². The Bertz CT molecular complexity index is 1450. The topological polar surface area (TPSA) is 99.5 Å². The van der Waals surface area contributed by atoms with Gasteiger partial charge in [-0.3, -0.25) is 9.59 Å². The first-order chi connectivity index (χ1) is 16.3. The van der Waals surface area contributed by atoms with Crippen molar-refractivity contribution in [3.8, 4) is 11.4 Å². The van der Waals surface area contributed by atoms with E-state index in [1.807, 2.05) is 0 Å². The fourth-order valence-electron chi connectivity index (χ4n) is 3.27. The van der Waals surface area contributed by atoms with Crippen LogP contribution in [0.2, 0.25) is 5.02 Å². The zero-order valence-corrected chi connectivity index (χ0v) is 19.5. The summed E-state index contributed by atoms with van der Waals surface area (Å²) in [5.74, 6) is -1.82. The van der Waals surface area contributed by atoms with Crippen molar-refractivity contribution in [3.63, 3.8) is 0 Å². The van der Waals surface area contributed by atoms with Crippen LogP contribution in [0.3, 0.4) is 0 Å². The maximum atomic E-state index is 14.2. The molecule has 0 spiro atoms. The lowest BCUT2D eigenvalue weighted by atomic mass is 10.2. The molecule has 174 valence electrons. The molecule has 0 aliphatic carbocycles. The standard InChI is InChI=1S/C23H17ClFN3O5S/c1-3-33-23(31)19-14-11-34-21(26-20(29)18-15(24)5-4-6-16(18)25)17(14)22(30)28(27-19)12-7-9-13(32-2)10-8-12/h4-11H,3H2,1-2H3,(H,26,29). The summed E-state index contributed by atoms with van der Waals surface area (Å²) in [5, 5.41) is 8.53. The molecule has 4 aromatic rings. The van der Waals surface area contributed by atoms with Gasteiger partial charge >= 0.3 is 5.97 Å². The van der Waals surface area contributed by atoms with Gasteiger partial charge in [0.1, 0.15) is 16.6 Å². The minimum absolute atomic E-state index is 0.0275. The first kappa shape index (κ1) is 23.4. The fraction of sp³-hybridized carbons (Fsp3) is 0.130. The molecule has 0 fully saturated rings. The zero-order chi connectivity index (χ0) is 24.4. The number of methoxy groups -OCH3 is 1. The number of aromatic nitrogens is 2. The Labute approximate surface area is 201 Å². The summed E-state index contributed by atoms with van der Waals surface area (Å²) in [6.45, 7) is 1.75. The van der Waals surface area contributed by atoms with Crippen molar-refractivity contribution < 1.29 is 23.5 Å². The van der Waals surface area contributed by atoms with Crippen molar-refractivity contribution >= 4 is 50.6 Å². The number of nitrogens with one attached hydrogen (secondary N) is 1. The molecule has 4 rings (SSSR count). The third kappa shape index (κ3) is 4.25. The number of hydrogen-bond acceptors (Lipinski definition) is 7. The number of ether oxygens (including phenoxy) is 2. The number of anilines is 1. The number of esters is 1. The minimum atomic E-state index is -0.836. The number of halogens is 2. The Morgan fingerprint density at radius 3 is 2.59 bits per heavy atom. The number of benzene rings is 2. The van der Waals surface area contributed by atoms with E-state index in [-0.39, 0.29) is 38.7 Å². The van der Waals surface area contributed by atoms with Crippen LogP contribution >= 0.6 is 22.9 Å². The number of hydrogen-bond donors (Lipinski definition) is 1. The quantitative estimate of drug-likeness (QED) is 0.385.